The van der Waals surface area contributed by atoms with E-state index in [0.29, 0.717) is 5.92 Å². The second kappa shape index (κ2) is 5.19. The number of ether oxygens (including phenoxy) is 2. The first-order valence-electron chi connectivity index (χ1n) is 6.86. The molecule has 3 heteroatoms. The summed E-state index contributed by atoms with van der Waals surface area (Å²) in [7, 11) is 0. The zero-order valence-electron chi connectivity index (χ0n) is 11.3. The molecule has 3 rings (SSSR count). The third-order valence-electron chi connectivity index (χ3n) is 4.15. The zero-order valence-corrected chi connectivity index (χ0v) is 13.5. The van der Waals surface area contributed by atoms with Gasteiger partial charge in [-0.15, -0.1) is 0 Å². The summed E-state index contributed by atoms with van der Waals surface area (Å²) in [6.07, 6.45) is 6.63. The highest BCUT2D eigenvalue weighted by Crippen LogP contribution is 2.43. The van der Waals surface area contributed by atoms with Crippen molar-refractivity contribution in [1.82, 2.24) is 0 Å². The van der Waals surface area contributed by atoms with E-state index in [1.807, 2.05) is 0 Å². The standard InChI is InChI=1S/C16H19IO2/c1-11-12(2)19-16(18-11,14-7-5-8-14)10-13-6-3-4-9-15(13)17/h3-7,9,11-12,14H,8,10H2,1-2H3/t11-,12-,14?/m1/s1. The van der Waals surface area contributed by atoms with Gasteiger partial charge in [-0.1, -0.05) is 30.4 Å². The molecule has 0 amide bonds. The average Bonchev–Trinajstić information content (AvgIpc) is 2.56. The number of hydrogen-bond acceptors (Lipinski definition) is 2. The smallest absolute Gasteiger partial charge is 0.179 e. The number of halogens is 1. The predicted molar refractivity (Wildman–Crippen MR) is 83.9 cm³/mol. The maximum Gasteiger partial charge on any atom is 0.179 e. The van der Waals surface area contributed by atoms with Gasteiger partial charge < -0.3 is 9.47 Å². The molecule has 0 saturated carbocycles. The molecule has 1 fully saturated rings. The maximum atomic E-state index is 6.25. The van der Waals surface area contributed by atoms with Crippen LogP contribution in [0.25, 0.3) is 0 Å². The van der Waals surface area contributed by atoms with Crippen molar-refractivity contribution in [2.24, 2.45) is 5.92 Å². The SMILES string of the molecule is C[C@H]1OC(Cc2ccccc2I)(C2C=CC2)O[C@@H]1C. The van der Waals surface area contributed by atoms with Gasteiger partial charge in [-0.2, -0.15) is 0 Å². The largest absolute Gasteiger partial charge is 0.343 e. The minimum absolute atomic E-state index is 0.162. The molecule has 102 valence electrons. The van der Waals surface area contributed by atoms with Gasteiger partial charge in [0, 0.05) is 15.9 Å². The predicted octanol–water partition coefficient (Wildman–Crippen LogP) is 3.93. The Balaban J connectivity index is 1.89. The first-order valence-corrected chi connectivity index (χ1v) is 7.94. The maximum absolute atomic E-state index is 6.25. The van der Waals surface area contributed by atoms with E-state index in [-0.39, 0.29) is 12.2 Å². The van der Waals surface area contributed by atoms with Crippen LogP contribution in [0.1, 0.15) is 25.8 Å². The van der Waals surface area contributed by atoms with Crippen LogP contribution in [0, 0.1) is 9.49 Å². The Morgan fingerprint density at radius 3 is 2.37 bits per heavy atom. The lowest BCUT2D eigenvalue weighted by Crippen LogP contribution is -2.43. The summed E-state index contributed by atoms with van der Waals surface area (Å²) in [4.78, 5) is 0. The molecule has 3 atom stereocenters. The number of hydrogen-bond donors (Lipinski definition) is 0. The molecule has 1 unspecified atom stereocenters. The lowest BCUT2D eigenvalue weighted by atomic mass is 9.83. The molecule has 2 aliphatic rings. The zero-order chi connectivity index (χ0) is 13.5. The van der Waals surface area contributed by atoms with Gasteiger partial charge >= 0.3 is 0 Å². The minimum atomic E-state index is -0.463. The van der Waals surface area contributed by atoms with Gasteiger partial charge in [0.15, 0.2) is 5.79 Å². The topological polar surface area (TPSA) is 18.5 Å². The van der Waals surface area contributed by atoms with Crippen molar-refractivity contribution < 1.29 is 9.47 Å². The van der Waals surface area contributed by atoms with Gasteiger partial charge in [0.1, 0.15) is 0 Å². The molecule has 1 aromatic carbocycles. The summed E-state index contributed by atoms with van der Waals surface area (Å²) >= 11 is 2.39. The van der Waals surface area contributed by atoms with E-state index in [4.69, 9.17) is 9.47 Å². The fourth-order valence-corrected chi connectivity index (χ4v) is 3.32. The van der Waals surface area contributed by atoms with Gasteiger partial charge in [0.2, 0.25) is 0 Å². The molecule has 19 heavy (non-hydrogen) atoms. The van der Waals surface area contributed by atoms with Crippen molar-refractivity contribution in [2.45, 2.75) is 44.7 Å². The van der Waals surface area contributed by atoms with Crippen molar-refractivity contribution in [3.63, 3.8) is 0 Å². The summed E-state index contributed by atoms with van der Waals surface area (Å²) in [5, 5.41) is 0. The molecule has 0 radical (unpaired) electrons. The van der Waals surface area contributed by atoms with E-state index < -0.39 is 5.79 Å². The van der Waals surface area contributed by atoms with Crippen molar-refractivity contribution in [3.05, 3.63) is 45.6 Å². The number of rotatable bonds is 3. The summed E-state index contributed by atoms with van der Waals surface area (Å²) in [6, 6.07) is 8.47. The van der Waals surface area contributed by atoms with E-state index >= 15 is 0 Å². The highest BCUT2D eigenvalue weighted by Gasteiger charge is 2.50. The fourth-order valence-electron chi connectivity index (χ4n) is 2.74. The van der Waals surface area contributed by atoms with Crippen LogP contribution in [0.2, 0.25) is 0 Å². The molecule has 0 aromatic heterocycles. The van der Waals surface area contributed by atoms with E-state index in [1.165, 1.54) is 9.13 Å². The molecular formula is C16H19IO2. The van der Waals surface area contributed by atoms with Crippen molar-refractivity contribution >= 4 is 22.6 Å². The van der Waals surface area contributed by atoms with Crippen LogP contribution in [-0.2, 0) is 15.9 Å². The lowest BCUT2D eigenvalue weighted by molar-refractivity contribution is -0.201. The highest BCUT2D eigenvalue weighted by atomic mass is 127. The Morgan fingerprint density at radius 2 is 1.84 bits per heavy atom. The highest BCUT2D eigenvalue weighted by molar-refractivity contribution is 14.1. The molecule has 1 aliphatic heterocycles. The van der Waals surface area contributed by atoms with Gasteiger partial charge in [-0.25, -0.2) is 0 Å². The van der Waals surface area contributed by atoms with Crippen LogP contribution in [0.4, 0.5) is 0 Å². The summed E-state index contributed by atoms with van der Waals surface area (Å²) in [5.41, 5.74) is 1.31. The third kappa shape index (κ3) is 2.48. The molecule has 0 bridgehead atoms. The molecule has 2 nitrogen and oxygen atoms in total. The quantitative estimate of drug-likeness (QED) is 0.593. The Bertz CT molecular complexity index is 487. The van der Waals surface area contributed by atoms with Crippen LogP contribution < -0.4 is 0 Å². The molecule has 1 aromatic rings. The summed E-state index contributed by atoms with van der Waals surface area (Å²) < 4.78 is 13.8. The average molecular weight is 370 g/mol. The second-order valence-electron chi connectivity index (χ2n) is 5.50. The molecule has 1 heterocycles. The van der Waals surface area contributed by atoms with Crippen LogP contribution in [0.3, 0.4) is 0 Å². The monoisotopic (exact) mass is 370 g/mol. The Morgan fingerprint density at radius 1 is 1.21 bits per heavy atom. The molecular weight excluding hydrogens is 351 g/mol. The van der Waals surface area contributed by atoms with Crippen LogP contribution >= 0.6 is 22.6 Å². The van der Waals surface area contributed by atoms with Crippen LogP contribution in [0.15, 0.2) is 36.4 Å². The Kier molecular flexibility index (Phi) is 3.71. The second-order valence-corrected chi connectivity index (χ2v) is 6.66. The van der Waals surface area contributed by atoms with Gasteiger partial charge in [0.05, 0.1) is 12.2 Å². The first kappa shape index (κ1) is 13.6. The Hall–Kier alpha value is -0.390. The summed E-state index contributed by atoms with van der Waals surface area (Å²) in [5.74, 6) is -0.0783. The van der Waals surface area contributed by atoms with Crippen molar-refractivity contribution in [1.29, 1.82) is 0 Å². The third-order valence-corrected chi connectivity index (χ3v) is 5.20. The number of benzene rings is 1. The van der Waals surface area contributed by atoms with Gasteiger partial charge in [0.25, 0.3) is 0 Å². The van der Waals surface area contributed by atoms with Crippen molar-refractivity contribution in [2.75, 3.05) is 0 Å². The molecule has 0 spiro atoms. The molecule has 0 N–H and O–H groups in total. The fraction of sp³-hybridized carbons (Fsp3) is 0.500. The summed E-state index contributed by atoms with van der Waals surface area (Å²) in [6.45, 7) is 4.20. The van der Waals surface area contributed by atoms with E-state index in [0.717, 1.165) is 12.8 Å². The van der Waals surface area contributed by atoms with Crippen molar-refractivity contribution in [3.8, 4) is 0 Å². The number of allylic oxidation sites excluding steroid dienone is 1. The molecule has 1 saturated heterocycles. The van der Waals surface area contributed by atoms with Crippen LogP contribution in [0.5, 0.6) is 0 Å². The van der Waals surface area contributed by atoms with Gasteiger partial charge in [-0.05, 0) is 54.5 Å². The molecule has 1 aliphatic carbocycles. The first-order chi connectivity index (χ1) is 9.11. The van der Waals surface area contributed by atoms with Gasteiger partial charge in [-0.3, -0.25) is 0 Å². The van der Waals surface area contributed by atoms with Crippen LogP contribution in [-0.4, -0.2) is 18.0 Å². The van der Waals surface area contributed by atoms with E-state index in [9.17, 15) is 0 Å². The minimum Gasteiger partial charge on any atom is -0.343 e. The van der Waals surface area contributed by atoms with E-state index in [2.05, 4.69) is 72.9 Å². The Labute approximate surface area is 128 Å². The van der Waals surface area contributed by atoms with E-state index in [1.54, 1.807) is 0 Å². The normalized spacial score (nSPS) is 32.3. The lowest BCUT2D eigenvalue weighted by Gasteiger charge is -2.37.